The Bertz CT molecular complexity index is 559. The third kappa shape index (κ3) is 1.89. The summed E-state index contributed by atoms with van der Waals surface area (Å²) in [5, 5.41) is 0.599. The first kappa shape index (κ1) is 10.3. The van der Waals surface area contributed by atoms with Crippen LogP contribution in [0.4, 0.5) is 0 Å². The number of rotatable bonds is 2. The summed E-state index contributed by atoms with van der Waals surface area (Å²) in [5.41, 5.74) is 1.16. The summed E-state index contributed by atoms with van der Waals surface area (Å²) < 4.78 is 5.28. The van der Waals surface area contributed by atoms with Crippen molar-refractivity contribution in [2.75, 3.05) is 0 Å². The van der Waals surface area contributed by atoms with Crippen molar-refractivity contribution in [3.8, 4) is 0 Å². The highest BCUT2D eigenvalue weighted by Gasteiger charge is 2.31. The van der Waals surface area contributed by atoms with Crippen molar-refractivity contribution in [1.82, 2.24) is 9.97 Å². The lowest BCUT2D eigenvalue weighted by molar-refractivity contribution is 0.0522. The van der Waals surface area contributed by atoms with Gasteiger partial charge in [0.05, 0.1) is 5.56 Å². The molecule has 5 heteroatoms. The molecule has 0 fully saturated rings. The van der Waals surface area contributed by atoms with Crippen LogP contribution in [0.5, 0.6) is 0 Å². The van der Waals surface area contributed by atoms with Gasteiger partial charge < -0.3 is 4.74 Å². The van der Waals surface area contributed by atoms with Crippen LogP contribution in [0.25, 0.3) is 0 Å². The zero-order valence-electron chi connectivity index (χ0n) is 8.74. The third-order valence-electron chi connectivity index (χ3n) is 2.40. The van der Waals surface area contributed by atoms with Crippen LogP contribution >= 0.6 is 11.8 Å². The fourth-order valence-corrected chi connectivity index (χ4v) is 2.55. The molecule has 2 aromatic rings. The first-order valence-corrected chi connectivity index (χ1v) is 5.96. The highest BCUT2D eigenvalue weighted by atomic mass is 32.2. The zero-order chi connectivity index (χ0) is 11.7. The van der Waals surface area contributed by atoms with Gasteiger partial charge in [0.2, 0.25) is 0 Å². The molecule has 1 aliphatic heterocycles. The Morgan fingerprint density at radius 2 is 1.88 bits per heavy atom. The molecule has 0 bridgehead atoms. The van der Waals surface area contributed by atoms with E-state index in [9.17, 15) is 4.79 Å². The highest BCUT2D eigenvalue weighted by Crippen LogP contribution is 2.40. The monoisotopic (exact) mass is 244 g/mol. The van der Waals surface area contributed by atoms with E-state index in [1.807, 2.05) is 18.2 Å². The number of fused-ring (bicyclic) bond motifs is 1. The number of cyclic esters (lactones) is 1. The van der Waals surface area contributed by atoms with Gasteiger partial charge in [0.1, 0.15) is 0 Å². The molecule has 84 valence electrons. The number of esters is 1. The van der Waals surface area contributed by atoms with E-state index in [1.165, 1.54) is 11.8 Å². The van der Waals surface area contributed by atoms with Crippen LogP contribution in [0, 0.1) is 0 Å². The molecule has 0 amide bonds. The average Bonchev–Trinajstić information content (AvgIpc) is 2.69. The molecular formula is C12H8N2O2S. The lowest BCUT2D eigenvalue weighted by atomic mass is 10.1. The second-order valence-corrected chi connectivity index (χ2v) is 4.50. The Labute approximate surface area is 102 Å². The number of carbonyl (C=O) groups is 1. The normalized spacial score (nSPS) is 17.6. The van der Waals surface area contributed by atoms with E-state index in [2.05, 4.69) is 9.97 Å². The Morgan fingerprint density at radius 3 is 2.71 bits per heavy atom. The van der Waals surface area contributed by atoms with Crippen LogP contribution in [0.1, 0.15) is 21.4 Å². The standard InChI is InChI=1S/C12H8N2O2S/c15-10-8-4-1-2-5-9(8)11(16-10)17-12-13-6-3-7-14-12/h1-7,11H. The van der Waals surface area contributed by atoms with Crippen LogP contribution in [0.3, 0.4) is 0 Å². The van der Waals surface area contributed by atoms with Crippen LogP contribution in [-0.2, 0) is 4.74 Å². The van der Waals surface area contributed by atoms with Gasteiger partial charge in [0.25, 0.3) is 0 Å². The molecule has 2 heterocycles. The summed E-state index contributed by atoms with van der Waals surface area (Å²) >= 11 is 1.33. The van der Waals surface area contributed by atoms with Gasteiger partial charge in [-0.3, -0.25) is 0 Å². The van der Waals surface area contributed by atoms with E-state index < -0.39 is 0 Å². The minimum atomic E-state index is -0.346. The predicted molar refractivity (Wildman–Crippen MR) is 62.5 cm³/mol. The molecule has 0 aliphatic carbocycles. The molecule has 1 aromatic heterocycles. The Morgan fingerprint density at radius 1 is 1.12 bits per heavy atom. The lowest BCUT2D eigenvalue weighted by Gasteiger charge is -2.07. The predicted octanol–water partition coefficient (Wildman–Crippen LogP) is 2.44. The number of aromatic nitrogens is 2. The van der Waals surface area contributed by atoms with E-state index in [0.29, 0.717) is 10.7 Å². The number of thioether (sulfide) groups is 1. The largest absolute Gasteiger partial charge is 0.442 e. The zero-order valence-corrected chi connectivity index (χ0v) is 9.55. The van der Waals surface area contributed by atoms with Crippen molar-refractivity contribution < 1.29 is 9.53 Å². The van der Waals surface area contributed by atoms with Crippen LogP contribution in [-0.4, -0.2) is 15.9 Å². The molecule has 0 N–H and O–H groups in total. The molecule has 0 spiro atoms. The van der Waals surface area contributed by atoms with Crippen molar-refractivity contribution in [3.63, 3.8) is 0 Å². The fourth-order valence-electron chi connectivity index (χ4n) is 1.64. The second-order valence-electron chi connectivity index (χ2n) is 3.47. The van der Waals surface area contributed by atoms with Gasteiger partial charge in [-0.25, -0.2) is 14.8 Å². The molecule has 3 rings (SSSR count). The SMILES string of the molecule is O=C1OC(Sc2ncccn2)c2ccccc21. The summed E-state index contributed by atoms with van der Waals surface area (Å²) in [4.78, 5) is 19.8. The molecular weight excluding hydrogens is 236 g/mol. The van der Waals surface area contributed by atoms with E-state index in [0.717, 1.165) is 5.56 Å². The molecule has 0 saturated carbocycles. The van der Waals surface area contributed by atoms with E-state index in [1.54, 1.807) is 24.5 Å². The van der Waals surface area contributed by atoms with Crippen molar-refractivity contribution in [3.05, 3.63) is 53.9 Å². The van der Waals surface area contributed by atoms with Crippen molar-refractivity contribution in [1.29, 1.82) is 0 Å². The van der Waals surface area contributed by atoms with Gasteiger partial charge in [-0.2, -0.15) is 0 Å². The van der Waals surface area contributed by atoms with Crippen LogP contribution in [0.2, 0.25) is 0 Å². The Balaban J connectivity index is 1.90. The summed E-state index contributed by atoms with van der Waals surface area (Å²) in [7, 11) is 0. The van der Waals surface area contributed by atoms with Gasteiger partial charge in [-0.05, 0) is 23.9 Å². The van der Waals surface area contributed by atoms with E-state index in [4.69, 9.17) is 4.74 Å². The smallest absolute Gasteiger partial charge is 0.340 e. The van der Waals surface area contributed by atoms with Gasteiger partial charge in [0, 0.05) is 18.0 Å². The number of hydrogen-bond acceptors (Lipinski definition) is 5. The van der Waals surface area contributed by atoms with Gasteiger partial charge >= 0.3 is 5.97 Å². The summed E-state index contributed by atoms with van der Waals surface area (Å²) in [6.45, 7) is 0. The van der Waals surface area contributed by atoms with Crippen molar-refractivity contribution >= 4 is 17.7 Å². The number of nitrogens with zero attached hydrogens (tertiary/aromatic N) is 2. The summed E-state index contributed by atoms with van der Waals surface area (Å²) in [6, 6.07) is 9.12. The van der Waals surface area contributed by atoms with Crippen molar-refractivity contribution in [2.45, 2.75) is 10.6 Å². The third-order valence-corrected chi connectivity index (χ3v) is 3.39. The van der Waals surface area contributed by atoms with Crippen molar-refractivity contribution in [2.24, 2.45) is 0 Å². The van der Waals surface area contributed by atoms with E-state index >= 15 is 0 Å². The minimum Gasteiger partial charge on any atom is -0.442 e. The van der Waals surface area contributed by atoms with Gasteiger partial charge in [-0.1, -0.05) is 18.2 Å². The summed E-state index contributed by atoms with van der Waals surface area (Å²) in [6.07, 6.45) is 3.33. The first-order valence-electron chi connectivity index (χ1n) is 5.08. The molecule has 4 nitrogen and oxygen atoms in total. The summed E-state index contributed by atoms with van der Waals surface area (Å²) in [5.74, 6) is -0.283. The maximum Gasteiger partial charge on any atom is 0.340 e. The van der Waals surface area contributed by atoms with Crippen LogP contribution < -0.4 is 0 Å². The molecule has 1 unspecified atom stereocenters. The molecule has 17 heavy (non-hydrogen) atoms. The maximum absolute atomic E-state index is 11.6. The van der Waals surface area contributed by atoms with E-state index in [-0.39, 0.29) is 11.4 Å². The number of benzene rings is 1. The maximum atomic E-state index is 11.6. The lowest BCUT2D eigenvalue weighted by Crippen LogP contribution is -1.96. The number of ether oxygens (including phenoxy) is 1. The average molecular weight is 244 g/mol. The van der Waals surface area contributed by atoms with Gasteiger partial charge in [0.15, 0.2) is 10.6 Å². The van der Waals surface area contributed by atoms with Crippen LogP contribution in [0.15, 0.2) is 47.9 Å². The number of carbonyl (C=O) groups excluding carboxylic acids is 1. The molecule has 1 aromatic carbocycles. The second kappa shape index (κ2) is 4.18. The molecule has 0 radical (unpaired) electrons. The minimum absolute atomic E-state index is 0.283. The van der Waals surface area contributed by atoms with Gasteiger partial charge in [-0.15, -0.1) is 0 Å². The molecule has 0 saturated heterocycles. The first-order chi connectivity index (χ1) is 8.34. The topological polar surface area (TPSA) is 52.1 Å². The highest BCUT2D eigenvalue weighted by molar-refractivity contribution is 7.99. The Hall–Kier alpha value is -1.88. The number of hydrogen-bond donors (Lipinski definition) is 0. The molecule has 1 aliphatic rings. The molecule has 1 atom stereocenters. The Kier molecular flexibility index (Phi) is 2.53. The fraction of sp³-hybridized carbons (Fsp3) is 0.0833. The quantitative estimate of drug-likeness (QED) is 0.600.